The molecule has 27 heavy (non-hydrogen) atoms. The van der Waals surface area contributed by atoms with Gasteiger partial charge in [-0.05, 0) is 42.3 Å². The number of urea groups is 1. The van der Waals surface area contributed by atoms with Gasteiger partial charge in [-0.15, -0.1) is 0 Å². The monoisotopic (exact) mass is 369 g/mol. The van der Waals surface area contributed by atoms with E-state index in [2.05, 4.69) is 5.32 Å². The van der Waals surface area contributed by atoms with Crippen LogP contribution in [0, 0.1) is 5.82 Å². The summed E-state index contributed by atoms with van der Waals surface area (Å²) in [6.07, 6.45) is 0.515. The molecule has 0 radical (unpaired) electrons. The summed E-state index contributed by atoms with van der Waals surface area (Å²) in [6.45, 7) is 0.660. The molecule has 1 atom stereocenters. The molecule has 1 fully saturated rings. The number of hydrogen-bond donors (Lipinski definition) is 1. The summed E-state index contributed by atoms with van der Waals surface area (Å²) >= 11 is 0. The molecular weight excluding hydrogens is 349 g/mol. The highest BCUT2D eigenvalue weighted by Gasteiger charge is 2.54. The lowest BCUT2D eigenvalue weighted by molar-refractivity contribution is -0.122. The van der Waals surface area contributed by atoms with E-state index in [1.165, 1.54) is 12.1 Å². The van der Waals surface area contributed by atoms with Crippen molar-refractivity contribution in [2.24, 2.45) is 0 Å². The Morgan fingerprint density at radius 3 is 2.78 bits per heavy atom. The Hall–Kier alpha value is -3.09. The van der Waals surface area contributed by atoms with Crippen molar-refractivity contribution in [1.82, 2.24) is 4.90 Å². The molecule has 3 amide bonds. The number of nitrogens with one attached hydrogen (secondary N) is 1. The van der Waals surface area contributed by atoms with Gasteiger partial charge in [-0.3, -0.25) is 4.79 Å². The summed E-state index contributed by atoms with van der Waals surface area (Å²) in [4.78, 5) is 28.9. The third-order valence-electron chi connectivity index (χ3n) is 5.47. The van der Waals surface area contributed by atoms with E-state index in [0.717, 1.165) is 11.3 Å². The second kappa shape index (κ2) is 6.26. The molecule has 2 aliphatic rings. The molecule has 0 bridgehead atoms. The number of anilines is 2. The average molecular weight is 369 g/mol. The molecule has 2 aromatic rings. The Bertz CT molecular complexity index is 932. The molecule has 0 unspecified atom stereocenters. The molecule has 7 heteroatoms. The Morgan fingerprint density at radius 1 is 1.26 bits per heavy atom. The van der Waals surface area contributed by atoms with E-state index in [0.29, 0.717) is 18.7 Å². The number of likely N-dealkylation sites (tertiary alicyclic amines) is 1. The first-order valence-corrected chi connectivity index (χ1v) is 8.73. The zero-order valence-electron chi connectivity index (χ0n) is 15.2. The van der Waals surface area contributed by atoms with Crippen LogP contribution in [0.15, 0.2) is 42.5 Å². The van der Waals surface area contributed by atoms with Crippen LogP contribution in [0.25, 0.3) is 0 Å². The SMILES string of the molecule is COc1ccc2c(c1)[C@]1(CCN(C(=O)Nc3ccccc3F)C1)C(=O)N2C. The summed E-state index contributed by atoms with van der Waals surface area (Å²) in [5.41, 5.74) is 1.04. The normalized spacial score (nSPS) is 20.9. The Morgan fingerprint density at radius 2 is 2.04 bits per heavy atom. The first kappa shape index (κ1) is 17.3. The third-order valence-corrected chi connectivity index (χ3v) is 5.47. The standard InChI is InChI=1S/C20H20FN3O3/c1-23-17-8-7-13(27-2)11-14(17)20(18(23)25)9-10-24(12-20)19(26)22-16-6-4-3-5-15(16)21/h3-8,11H,9-10,12H2,1-2H3,(H,22,26)/t20-/m1/s1. The molecule has 140 valence electrons. The summed E-state index contributed by atoms with van der Waals surface area (Å²) in [7, 11) is 3.32. The Labute approximate surface area is 156 Å². The van der Waals surface area contributed by atoms with E-state index in [-0.39, 0.29) is 18.1 Å². The van der Waals surface area contributed by atoms with Crippen molar-refractivity contribution < 1.29 is 18.7 Å². The van der Waals surface area contributed by atoms with Gasteiger partial charge < -0.3 is 19.9 Å². The van der Waals surface area contributed by atoms with Gasteiger partial charge in [-0.25, -0.2) is 9.18 Å². The second-order valence-corrected chi connectivity index (χ2v) is 6.91. The molecule has 1 N–H and O–H groups in total. The van der Waals surface area contributed by atoms with Crippen LogP contribution in [0.5, 0.6) is 5.75 Å². The van der Waals surface area contributed by atoms with Crippen LogP contribution < -0.4 is 15.0 Å². The topological polar surface area (TPSA) is 61.9 Å². The van der Waals surface area contributed by atoms with Gasteiger partial charge in [-0.1, -0.05) is 12.1 Å². The lowest BCUT2D eigenvalue weighted by Crippen LogP contribution is -2.43. The summed E-state index contributed by atoms with van der Waals surface area (Å²) in [5.74, 6) is 0.143. The van der Waals surface area contributed by atoms with Gasteiger partial charge in [0.05, 0.1) is 18.2 Å². The highest BCUT2D eigenvalue weighted by molar-refractivity contribution is 6.09. The number of carbonyl (C=O) groups is 2. The Kier molecular flexibility index (Phi) is 4.02. The fourth-order valence-corrected chi connectivity index (χ4v) is 4.00. The van der Waals surface area contributed by atoms with E-state index in [1.807, 2.05) is 18.2 Å². The van der Waals surface area contributed by atoms with Crippen molar-refractivity contribution in [1.29, 1.82) is 0 Å². The molecule has 0 aromatic heterocycles. The molecular formula is C20H20FN3O3. The van der Waals surface area contributed by atoms with Crippen molar-refractivity contribution in [3.63, 3.8) is 0 Å². The lowest BCUT2D eigenvalue weighted by atomic mass is 9.81. The predicted octanol–water partition coefficient (Wildman–Crippen LogP) is 2.99. The van der Waals surface area contributed by atoms with Crippen molar-refractivity contribution in [2.75, 3.05) is 37.5 Å². The zero-order chi connectivity index (χ0) is 19.2. The van der Waals surface area contributed by atoms with Crippen LogP contribution >= 0.6 is 0 Å². The van der Waals surface area contributed by atoms with Crippen molar-refractivity contribution in [3.8, 4) is 5.75 Å². The van der Waals surface area contributed by atoms with Gasteiger partial charge in [0.2, 0.25) is 5.91 Å². The van der Waals surface area contributed by atoms with E-state index >= 15 is 0 Å². The van der Waals surface area contributed by atoms with Gasteiger partial charge >= 0.3 is 6.03 Å². The number of amides is 3. The number of methoxy groups -OCH3 is 1. The molecule has 2 heterocycles. The van der Waals surface area contributed by atoms with Crippen molar-refractivity contribution in [3.05, 3.63) is 53.8 Å². The molecule has 2 aliphatic heterocycles. The quantitative estimate of drug-likeness (QED) is 0.885. The molecule has 1 spiro atoms. The maximum absolute atomic E-state index is 13.8. The molecule has 0 saturated carbocycles. The third kappa shape index (κ3) is 2.61. The van der Waals surface area contributed by atoms with Crippen LogP contribution in [-0.4, -0.2) is 44.1 Å². The maximum atomic E-state index is 13.8. The Balaban J connectivity index is 1.61. The number of likely N-dealkylation sites (N-methyl/N-ethyl adjacent to an activating group) is 1. The number of halogens is 1. The molecule has 2 aromatic carbocycles. The van der Waals surface area contributed by atoms with Gasteiger partial charge in [0, 0.05) is 25.8 Å². The van der Waals surface area contributed by atoms with Gasteiger partial charge in [0.25, 0.3) is 0 Å². The highest BCUT2D eigenvalue weighted by atomic mass is 19.1. The van der Waals surface area contributed by atoms with Crippen molar-refractivity contribution >= 4 is 23.3 Å². The number of hydrogen-bond acceptors (Lipinski definition) is 3. The number of benzene rings is 2. The zero-order valence-corrected chi connectivity index (χ0v) is 15.2. The number of rotatable bonds is 2. The van der Waals surface area contributed by atoms with Gasteiger partial charge in [-0.2, -0.15) is 0 Å². The number of ether oxygens (including phenoxy) is 1. The minimum absolute atomic E-state index is 0.0352. The van der Waals surface area contributed by atoms with E-state index in [4.69, 9.17) is 4.74 Å². The second-order valence-electron chi connectivity index (χ2n) is 6.91. The molecule has 1 saturated heterocycles. The highest BCUT2D eigenvalue weighted by Crippen LogP contribution is 2.48. The largest absolute Gasteiger partial charge is 0.497 e. The smallest absolute Gasteiger partial charge is 0.321 e. The summed E-state index contributed by atoms with van der Waals surface area (Å²) in [5, 5.41) is 2.59. The van der Waals surface area contributed by atoms with E-state index < -0.39 is 17.3 Å². The number of fused-ring (bicyclic) bond motifs is 2. The predicted molar refractivity (Wildman–Crippen MR) is 99.7 cm³/mol. The average Bonchev–Trinajstić information content (AvgIpc) is 3.21. The lowest BCUT2D eigenvalue weighted by Gasteiger charge is -2.24. The fraction of sp³-hybridized carbons (Fsp3) is 0.300. The summed E-state index contributed by atoms with van der Waals surface area (Å²) in [6, 6.07) is 11.2. The number of carbonyl (C=O) groups excluding carboxylic acids is 2. The fourth-order valence-electron chi connectivity index (χ4n) is 4.00. The van der Waals surface area contributed by atoms with Crippen LogP contribution in [-0.2, 0) is 10.2 Å². The first-order valence-electron chi connectivity index (χ1n) is 8.73. The van der Waals surface area contributed by atoms with E-state index in [1.54, 1.807) is 36.1 Å². The molecule has 6 nitrogen and oxygen atoms in total. The van der Waals surface area contributed by atoms with Crippen LogP contribution in [0.2, 0.25) is 0 Å². The number of nitrogens with zero attached hydrogens (tertiary/aromatic N) is 2. The minimum Gasteiger partial charge on any atom is -0.497 e. The van der Waals surface area contributed by atoms with Crippen LogP contribution in [0.1, 0.15) is 12.0 Å². The molecule has 4 rings (SSSR count). The van der Waals surface area contributed by atoms with Crippen LogP contribution in [0.3, 0.4) is 0 Å². The minimum atomic E-state index is -0.787. The van der Waals surface area contributed by atoms with Crippen LogP contribution in [0.4, 0.5) is 20.6 Å². The van der Waals surface area contributed by atoms with E-state index in [9.17, 15) is 14.0 Å². The maximum Gasteiger partial charge on any atom is 0.321 e. The molecule has 0 aliphatic carbocycles. The van der Waals surface area contributed by atoms with Gasteiger partial charge in [0.15, 0.2) is 0 Å². The summed E-state index contributed by atoms with van der Waals surface area (Å²) < 4.78 is 19.1. The van der Waals surface area contributed by atoms with Gasteiger partial charge in [0.1, 0.15) is 11.6 Å². The van der Waals surface area contributed by atoms with Crippen molar-refractivity contribution in [2.45, 2.75) is 11.8 Å². The number of para-hydroxylation sites is 1. The first-order chi connectivity index (χ1) is 13.0.